The Morgan fingerprint density at radius 2 is 1.94 bits per heavy atom. The minimum atomic E-state index is -0.532. The van der Waals surface area contributed by atoms with Gasteiger partial charge in [-0.25, -0.2) is 0 Å². The average molecular weight is 216 g/mol. The molecule has 0 aromatic heterocycles. The van der Waals surface area contributed by atoms with Gasteiger partial charge in [0.05, 0.1) is 5.60 Å². The maximum atomic E-state index is 11.8. The van der Waals surface area contributed by atoms with Gasteiger partial charge in [0.1, 0.15) is 5.60 Å². The topological polar surface area (TPSA) is 26.3 Å². The number of ether oxygens (including phenoxy) is 1. The number of benzene rings is 1. The second-order valence-corrected chi connectivity index (χ2v) is 5.41. The van der Waals surface area contributed by atoms with Gasteiger partial charge in [0.2, 0.25) is 0 Å². The lowest BCUT2D eigenvalue weighted by molar-refractivity contribution is -0.129. The van der Waals surface area contributed by atoms with Gasteiger partial charge < -0.3 is 4.74 Å². The van der Waals surface area contributed by atoms with Crippen molar-refractivity contribution >= 4 is 5.78 Å². The standard InChI is InChI=1S/C14H16O2/c1-13-9-12(15)14(2,16-13)8-11(13)10-6-4-3-5-7-10/h3-7,11H,8-9H2,1-2H3/t11-,13?,14?/m0/s1. The number of fused-ring (bicyclic) bond motifs is 2. The van der Waals surface area contributed by atoms with E-state index in [1.54, 1.807) is 0 Å². The predicted molar refractivity (Wildman–Crippen MR) is 61.3 cm³/mol. The molecule has 0 spiro atoms. The molecule has 3 rings (SSSR count). The molecule has 2 saturated heterocycles. The third-order valence-electron chi connectivity index (χ3n) is 4.09. The number of ketones is 1. The van der Waals surface area contributed by atoms with Crippen LogP contribution in [0.2, 0.25) is 0 Å². The summed E-state index contributed by atoms with van der Waals surface area (Å²) in [7, 11) is 0. The van der Waals surface area contributed by atoms with E-state index in [0.717, 1.165) is 6.42 Å². The monoisotopic (exact) mass is 216 g/mol. The first-order valence-electron chi connectivity index (χ1n) is 5.82. The van der Waals surface area contributed by atoms with Crippen LogP contribution in [0.1, 0.15) is 38.2 Å². The third-order valence-corrected chi connectivity index (χ3v) is 4.09. The maximum Gasteiger partial charge on any atom is 0.167 e. The van der Waals surface area contributed by atoms with Gasteiger partial charge in [-0.1, -0.05) is 30.3 Å². The molecule has 0 saturated carbocycles. The fraction of sp³-hybridized carbons (Fsp3) is 0.500. The summed E-state index contributed by atoms with van der Waals surface area (Å²) in [6.45, 7) is 4.00. The van der Waals surface area contributed by atoms with Crippen LogP contribution in [0, 0.1) is 0 Å². The van der Waals surface area contributed by atoms with Crippen molar-refractivity contribution in [1.29, 1.82) is 0 Å². The molecule has 2 aliphatic rings. The van der Waals surface area contributed by atoms with Gasteiger partial charge in [-0.05, 0) is 25.8 Å². The van der Waals surface area contributed by atoms with Crippen LogP contribution in [0.3, 0.4) is 0 Å². The Labute approximate surface area is 95.6 Å². The summed E-state index contributed by atoms with van der Waals surface area (Å²) in [5.41, 5.74) is 0.476. The average Bonchev–Trinajstić information content (AvgIpc) is 2.64. The minimum Gasteiger partial charge on any atom is -0.360 e. The molecule has 0 aliphatic carbocycles. The van der Waals surface area contributed by atoms with E-state index in [9.17, 15) is 4.79 Å². The molecule has 2 fully saturated rings. The van der Waals surface area contributed by atoms with Crippen LogP contribution in [-0.4, -0.2) is 17.0 Å². The number of carbonyl (C=O) groups excluding carboxylic acids is 1. The van der Waals surface area contributed by atoms with Crippen molar-refractivity contribution in [3.63, 3.8) is 0 Å². The van der Waals surface area contributed by atoms with Gasteiger partial charge in [-0.3, -0.25) is 4.79 Å². The molecule has 0 amide bonds. The molecule has 0 radical (unpaired) electrons. The quantitative estimate of drug-likeness (QED) is 0.721. The van der Waals surface area contributed by atoms with Crippen LogP contribution in [0.15, 0.2) is 30.3 Å². The summed E-state index contributed by atoms with van der Waals surface area (Å²) >= 11 is 0. The summed E-state index contributed by atoms with van der Waals surface area (Å²) in [5, 5.41) is 0. The van der Waals surface area contributed by atoms with E-state index in [1.807, 2.05) is 13.0 Å². The number of hydrogen-bond donors (Lipinski definition) is 0. The van der Waals surface area contributed by atoms with Crippen molar-refractivity contribution in [2.45, 2.75) is 43.8 Å². The highest BCUT2D eigenvalue weighted by atomic mass is 16.5. The number of hydrogen-bond acceptors (Lipinski definition) is 2. The Balaban J connectivity index is 2.00. The first-order valence-corrected chi connectivity index (χ1v) is 5.82. The van der Waals surface area contributed by atoms with Crippen LogP contribution in [-0.2, 0) is 9.53 Å². The summed E-state index contributed by atoms with van der Waals surface area (Å²) in [6, 6.07) is 10.4. The van der Waals surface area contributed by atoms with E-state index < -0.39 is 5.60 Å². The summed E-state index contributed by atoms with van der Waals surface area (Å²) in [5.74, 6) is 0.624. The molecule has 2 bridgehead atoms. The van der Waals surface area contributed by atoms with Gasteiger partial charge >= 0.3 is 0 Å². The van der Waals surface area contributed by atoms with Gasteiger partial charge in [0, 0.05) is 12.3 Å². The van der Waals surface area contributed by atoms with Crippen LogP contribution < -0.4 is 0 Å². The lowest BCUT2D eigenvalue weighted by Crippen LogP contribution is -2.34. The Kier molecular flexibility index (Phi) is 1.85. The van der Waals surface area contributed by atoms with Crippen molar-refractivity contribution in [2.75, 3.05) is 0 Å². The second kappa shape index (κ2) is 2.95. The largest absolute Gasteiger partial charge is 0.360 e. The highest BCUT2D eigenvalue weighted by Crippen LogP contribution is 2.55. The number of Topliss-reactive ketones (excluding diaryl/α,β-unsaturated/α-hetero) is 1. The van der Waals surface area contributed by atoms with Crippen LogP contribution in [0.25, 0.3) is 0 Å². The SMILES string of the molecule is CC12C[C@@H](c3ccccc3)C(C)(CC1=O)O2. The van der Waals surface area contributed by atoms with Crippen LogP contribution in [0.5, 0.6) is 0 Å². The fourth-order valence-corrected chi connectivity index (χ4v) is 3.22. The van der Waals surface area contributed by atoms with Crippen molar-refractivity contribution in [2.24, 2.45) is 0 Å². The summed E-state index contributed by atoms with van der Waals surface area (Å²) in [6.07, 6.45) is 1.38. The first kappa shape index (κ1) is 10.0. The molecule has 1 aromatic rings. The minimum absolute atomic E-state index is 0.266. The van der Waals surface area contributed by atoms with Gasteiger partial charge in [-0.2, -0.15) is 0 Å². The Morgan fingerprint density at radius 3 is 2.44 bits per heavy atom. The zero-order valence-corrected chi connectivity index (χ0v) is 9.69. The molecule has 2 nitrogen and oxygen atoms in total. The van der Waals surface area contributed by atoms with E-state index in [-0.39, 0.29) is 11.4 Å². The summed E-state index contributed by atoms with van der Waals surface area (Å²) < 4.78 is 5.98. The van der Waals surface area contributed by atoms with Crippen molar-refractivity contribution in [3.05, 3.63) is 35.9 Å². The molecular weight excluding hydrogens is 200 g/mol. The molecule has 16 heavy (non-hydrogen) atoms. The molecule has 3 atom stereocenters. The lowest BCUT2D eigenvalue weighted by atomic mass is 9.72. The van der Waals surface area contributed by atoms with E-state index in [1.165, 1.54) is 5.56 Å². The molecule has 2 heteroatoms. The molecular formula is C14H16O2. The van der Waals surface area contributed by atoms with E-state index in [0.29, 0.717) is 12.3 Å². The molecule has 0 N–H and O–H groups in total. The lowest BCUT2D eigenvalue weighted by Gasteiger charge is -2.28. The fourth-order valence-electron chi connectivity index (χ4n) is 3.22. The van der Waals surface area contributed by atoms with Gasteiger partial charge in [-0.15, -0.1) is 0 Å². The van der Waals surface area contributed by atoms with E-state index in [2.05, 4.69) is 31.2 Å². The van der Waals surface area contributed by atoms with Crippen LogP contribution in [0.4, 0.5) is 0 Å². The normalized spacial score (nSPS) is 41.6. The van der Waals surface area contributed by atoms with E-state index in [4.69, 9.17) is 4.74 Å². The Bertz CT molecular complexity index is 439. The predicted octanol–water partition coefficient (Wildman–Crippen LogP) is 2.68. The molecule has 2 heterocycles. The first-order chi connectivity index (χ1) is 7.54. The molecule has 2 unspecified atom stereocenters. The zero-order valence-electron chi connectivity index (χ0n) is 9.69. The molecule has 1 aromatic carbocycles. The van der Waals surface area contributed by atoms with Crippen molar-refractivity contribution in [1.82, 2.24) is 0 Å². The molecule has 2 aliphatic heterocycles. The second-order valence-electron chi connectivity index (χ2n) is 5.41. The van der Waals surface area contributed by atoms with Crippen molar-refractivity contribution < 1.29 is 9.53 Å². The van der Waals surface area contributed by atoms with Gasteiger partial charge in [0.15, 0.2) is 5.78 Å². The van der Waals surface area contributed by atoms with E-state index >= 15 is 0 Å². The van der Waals surface area contributed by atoms with Gasteiger partial charge in [0.25, 0.3) is 0 Å². The highest BCUT2D eigenvalue weighted by Gasteiger charge is 2.61. The number of carbonyl (C=O) groups is 1. The molecule has 84 valence electrons. The zero-order chi connectivity index (χ0) is 11.4. The number of rotatable bonds is 1. The maximum absolute atomic E-state index is 11.8. The summed E-state index contributed by atoms with van der Waals surface area (Å²) in [4.78, 5) is 11.8. The Hall–Kier alpha value is -1.15. The smallest absolute Gasteiger partial charge is 0.167 e. The highest BCUT2D eigenvalue weighted by molar-refractivity contribution is 5.91. The third kappa shape index (κ3) is 1.20. The van der Waals surface area contributed by atoms with Crippen molar-refractivity contribution in [3.8, 4) is 0 Å². The van der Waals surface area contributed by atoms with Crippen LogP contribution >= 0.6 is 0 Å². The Morgan fingerprint density at radius 1 is 1.25 bits per heavy atom.